The largest absolute Gasteiger partial charge is 0.330 e. The van der Waals surface area contributed by atoms with Crippen LogP contribution in [-0.2, 0) is 6.54 Å². The van der Waals surface area contributed by atoms with E-state index >= 15 is 0 Å². The maximum atomic E-state index is 5.57. The highest BCUT2D eigenvalue weighted by Gasteiger charge is 2.15. The van der Waals surface area contributed by atoms with Crippen molar-refractivity contribution in [2.45, 2.75) is 39.3 Å². The molecular formula is C13H22N2. The SMILES string of the molecule is Cc1ccccc1CNC(C)(C)CCN. The van der Waals surface area contributed by atoms with Crippen LogP contribution in [0.5, 0.6) is 0 Å². The van der Waals surface area contributed by atoms with Crippen LogP contribution in [0.4, 0.5) is 0 Å². The molecule has 2 nitrogen and oxygen atoms in total. The van der Waals surface area contributed by atoms with E-state index in [1.165, 1.54) is 11.1 Å². The Labute approximate surface area is 92.9 Å². The van der Waals surface area contributed by atoms with Crippen molar-refractivity contribution in [1.82, 2.24) is 5.32 Å². The number of hydrogen-bond donors (Lipinski definition) is 2. The molecule has 0 radical (unpaired) electrons. The molecule has 0 fully saturated rings. The molecule has 0 atom stereocenters. The molecule has 1 aromatic carbocycles. The van der Waals surface area contributed by atoms with E-state index in [9.17, 15) is 0 Å². The fourth-order valence-corrected chi connectivity index (χ4v) is 1.59. The molecular weight excluding hydrogens is 184 g/mol. The summed E-state index contributed by atoms with van der Waals surface area (Å²) in [5.41, 5.74) is 8.40. The van der Waals surface area contributed by atoms with Crippen LogP contribution < -0.4 is 11.1 Å². The molecule has 0 bridgehead atoms. The Morgan fingerprint density at radius 2 is 1.93 bits per heavy atom. The predicted octanol–water partition coefficient (Wildman–Crippen LogP) is 2.21. The first-order valence-electron chi connectivity index (χ1n) is 5.55. The van der Waals surface area contributed by atoms with Gasteiger partial charge in [0.05, 0.1) is 0 Å². The number of rotatable bonds is 5. The van der Waals surface area contributed by atoms with Crippen molar-refractivity contribution in [3.8, 4) is 0 Å². The molecule has 3 N–H and O–H groups in total. The maximum absolute atomic E-state index is 5.57. The van der Waals surface area contributed by atoms with E-state index in [1.807, 2.05) is 0 Å². The zero-order valence-corrected chi connectivity index (χ0v) is 10.0. The molecule has 1 rings (SSSR count). The smallest absolute Gasteiger partial charge is 0.0213 e. The molecule has 0 aromatic heterocycles. The van der Waals surface area contributed by atoms with Gasteiger partial charge in [-0.05, 0) is 44.9 Å². The molecule has 0 aliphatic rings. The van der Waals surface area contributed by atoms with E-state index in [4.69, 9.17) is 5.73 Å². The second-order valence-electron chi connectivity index (χ2n) is 4.70. The lowest BCUT2D eigenvalue weighted by molar-refractivity contribution is 0.365. The molecule has 0 aliphatic heterocycles. The molecule has 0 aliphatic carbocycles. The Kier molecular flexibility index (Phi) is 4.30. The van der Waals surface area contributed by atoms with Crippen molar-refractivity contribution in [1.29, 1.82) is 0 Å². The molecule has 0 amide bonds. The van der Waals surface area contributed by atoms with Crippen LogP contribution in [0.3, 0.4) is 0 Å². The molecule has 0 heterocycles. The van der Waals surface area contributed by atoms with E-state index in [0.717, 1.165) is 19.5 Å². The summed E-state index contributed by atoms with van der Waals surface area (Å²) in [6.45, 7) is 8.18. The Morgan fingerprint density at radius 1 is 1.27 bits per heavy atom. The van der Waals surface area contributed by atoms with Crippen molar-refractivity contribution >= 4 is 0 Å². The first kappa shape index (κ1) is 12.2. The highest BCUT2D eigenvalue weighted by molar-refractivity contribution is 5.25. The van der Waals surface area contributed by atoms with Gasteiger partial charge in [0.2, 0.25) is 0 Å². The minimum atomic E-state index is 0.122. The van der Waals surface area contributed by atoms with Crippen LogP contribution in [0.25, 0.3) is 0 Å². The van der Waals surface area contributed by atoms with Crippen molar-refractivity contribution in [3.05, 3.63) is 35.4 Å². The van der Waals surface area contributed by atoms with Gasteiger partial charge in [0.25, 0.3) is 0 Å². The van der Waals surface area contributed by atoms with E-state index in [-0.39, 0.29) is 5.54 Å². The van der Waals surface area contributed by atoms with Crippen LogP contribution in [0.2, 0.25) is 0 Å². The number of nitrogens with two attached hydrogens (primary N) is 1. The number of hydrogen-bond acceptors (Lipinski definition) is 2. The summed E-state index contributed by atoms with van der Waals surface area (Å²) in [5.74, 6) is 0. The maximum Gasteiger partial charge on any atom is 0.0213 e. The Bertz CT molecular complexity index is 305. The van der Waals surface area contributed by atoms with E-state index in [2.05, 4.69) is 50.4 Å². The number of benzene rings is 1. The zero-order valence-electron chi connectivity index (χ0n) is 10.0. The molecule has 84 valence electrons. The van der Waals surface area contributed by atoms with Crippen LogP contribution in [0.1, 0.15) is 31.4 Å². The average molecular weight is 206 g/mol. The Hall–Kier alpha value is -0.860. The summed E-state index contributed by atoms with van der Waals surface area (Å²) in [4.78, 5) is 0. The second kappa shape index (κ2) is 5.29. The second-order valence-corrected chi connectivity index (χ2v) is 4.70. The van der Waals surface area contributed by atoms with Gasteiger partial charge in [0.1, 0.15) is 0 Å². The first-order valence-corrected chi connectivity index (χ1v) is 5.55. The monoisotopic (exact) mass is 206 g/mol. The van der Waals surface area contributed by atoms with Gasteiger partial charge < -0.3 is 11.1 Å². The molecule has 2 heteroatoms. The third-order valence-corrected chi connectivity index (χ3v) is 2.79. The van der Waals surface area contributed by atoms with Crippen LogP contribution in [0.15, 0.2) is 24.3 Å². The molecule has 0 saturated carbocycles. The molecule has 15 heavy (non-hydrogen) atoms. The zero-order chi connectivity index (χ0) is 11.3. The Balaban J connectivity index is 2.53. The summed E-state index contributed by atoms with van der Waals surface area (Å²) >= 11 is 0. The van der Waals surface area contributed by atoms with Gasteiger partial charge in [-0.2, -0.15) is 0 Å². The first-order chi connectivity index (χ1) is 7.05. The minimum absolute atomic E-state index is 0.122. The molecule has 0 saturated heterocycles. The predicted molar refractivity (Wildman–Crippen MR) is 65.8 cm³/mol. The molecule has 0 spiro atoms. The van der Waals surface area contributed by atoms with Crippen molar-refractivity contribution in [2.24, 2.45) is 5.73 Å². The van der Waals surface area contributed by atoms with Crippen LogP contribution >= 0.6 is 0 Å². The summed E-state index contributed by atoms with van der Waals surface area (Å²) < 4.78 is 0. The standard InChI is InChI=1S/C13H22N2/c1-11-6-4-5-7-12(11)10-15-13(2,3)8-9-14/h4-7,15H,8-10,14H2,1-3H3. The van der Waals surface area contributed by atoms with Crippen LogP contribution in [0, 0.1) is 6.92 Å². The number of aryl methyl sites for hydroxylation is 1. The van der Waals surface area contributed by atoms with Gasteiger partial charge in [-0.15, -0.1) is 0 Å². The fourth-order valence-electron chi connectivity index (χ4n) is 1.59. The van der Waals surface area contributed by atoms with Crippen LogP contribution in [-0.4, -0.2) is 12.1 Å². The van der Waals surface area contributed by atoms with Crippen molar-refractivity contribution < 1.29 is 0 Å². The third-order valence-electron chi connectivity index (χ3n) is 2.79. The van der Waals surface area contributed by atoms with Gasteiger partial charge in [-0.1, -0.05) is 24.3 Å². The summed E-state index contributed by atoms with van der Waals surface area (Å²) in [6.07, 6.45) is 0.999. The van der Waals surface area contributed by atoms with E-state index in [0.29, 0.717) is 0 Å². The lowest BCUT2D eigenvalue weighted by atomic mass is 9.99. The lowest BCUT2D eigenvalue weighted by Crippen LogP contribution is -2.40. The summed E-state index contributed by atoms with van der Waals surface area (Å²) in [5, 5.41) is 3.54. The van der Waals surface area contributed by atoms with Crippen molar-refractivity contribution in [3.63, 3.8) is 0 Å². The van der Waals surface area contributed by atoms with Gasteiger partial charge >= 0.3 is 0 Å². The molecule has 0 unspecified atom stereocenters. The third kappa shape index (κ3) is 4.02. The van der Waals surface area contributed by atoms with E-state index in [1.54, 1.807) is 0 Å². The average Bonchev–Trinajstić information content (AvgIpc) is 2.16. The van der Waals surface area contributed by atoms with Gasteiger partial charge in [-0.25, -0.2) is 0 Å². The normalized spacial score (nSPS) is 11.7. The summed E-state index contributed by atoms with van der Waals surface area (Å²) in [6, 6.07) is 8.47. The van der Waals surface area contributed by atoms with E-state index < -0.39 is 0 Å². The fraction of sp³-hybridized carbons (Fsp3) is 0.538. The Morgan fingerprint density at radius 3 is 2.53 bits per heavy atom. The quantitative estimate of drug-likeness (QED) is 0.775. The minimum Gasteiger partial charge on any atom is -0.330 e. The lowest BCUT2D eigenvalue weighted by Gasteiger charge is -2.26. The van der Waals surface area contributed by atoms with Gasteiger partial charge in [-0.3, -0.25) is 0 Å². The van der Waals surface area contributed by atoms with Gasteiger partial charge in [0.15, 0.2) is 0 Å². The number of nitrogens with one attached hydrogen (secondary N) is 1. The molecule has 1 aromatic rings. The summed E-state index contributed by atoms with van der Waals surface area (Å²) in [7, 11) is 0. The topological polar surface area (TPSA) is 38.0 Å². The van der Waals surface area contributed by atoms with Gasteiger partial charge in [0, 0.05) is 12.1 Å². The van der Waals surface area contributed by atoms with Crippen molar-refractivity contribution in [2.75, 3.05) is 6.54 Å². The highest BCUT2D eigenvalue weighted by atomic mass is 15.0. The highest BCUT2D eigenvalue weighted by Crippen LogP contribution is 2.11.